The van der Waals surface area contributed by atoms with Gasteiger partial charge in [-0.3, -0.25) is 9.59 Å². The van der Waals surface area contributed by atoms with Crippen LogP contribution in [0.5, 0.6) is 5.75 Å². The van der Waals surface area contributed by atoms with Crippen molar-refractivity contribution in [3.63, 3.8) is 0 Å². The maximum Gasteiger partial charge on any atom is 0.306 e. The van der Waals surface area contributed by atoms with E-state index in [2.05, 4.69) is 5.32 Å². The monoisotopic (exact) mass is 359 g/mol. The van der Waals surface area contributed by atoms with Crippen molar-refractivity contribution in [2.75, 3.05) is 12.4 Å². The van der Waals surface area contributed by atoms with E-state index in [0.29, 0.717) is 17.7 Å². The molecule has 6 heteroatoms. The lowest BCUT2D eigenvalue weighted by Gasteiger charge is -2.14. The Morgan fingerprint density at radius 2 is 1.85 bits per heavy atom. The number of carbonyl (C=O) groups is 2. The largest absolute Gasteiger partial charge is 0.497 e. The van der Waals surface area contributed by atoms with E-state index in [0.717, 1.165) is 11.3 Å². The highest BCUT2D eigenvalue weighted by atomic mass is 19.1. The van der Waals surface area contributed by atoms with Crippen LogP contribution >= 0.6 is 0 Å². The van der Waals surface area contributed by atoms with E-state index >= 15 is 0 Å². The summed E-state index contributed by atoms with van der Waals surface area (Å²) in [7, 11) is 1.59. The Morgan fingerprint density at radius 1 is 1.15 bits per heavy atom. The van der Waals surface area contributed by atoms with Gasteiger partial charge in [-0.15, -0.1) is 0 Å². The molecule has 0 aliphatic rings. The molecule has 0 radical (unpaired) electrons. The number of amides is 1. The highest BCUT2D eigenvalue weighted by Gasteiger charge is 2.18. The third kappa shape index (κ3) is 5.58. The molecular formula is C20H22FNO4. The van der Waals surface area contributed by atoms with Gasteiger partial charge in [0.1, 0.15) is 11.6 Å². The van der Waals surface area contributed by atoms with Crippen molar-refractivity contribution in [1.29, 1.82) is 0 Å². The molecule has 0 spiro atoms. The summed E-state index contributed by atoms with van der Waals surface area (Å²) in [6.45, 7) is 3.11. The summed E-state index contributed by atoms with van der Waals surface area (Å²) >= 11 is 0. The third-order valence-electron chi connectivity index (χ3n) is 3.89. The van der Waals surface area contributed by atoms with Crippen LogP contribution < -0.4 is 10.1 Å². The minimum Gasteiger partial charge on any atom is -0.497 e. The van der Waals surface area contributed by atoms with E-state index in [9.17, 15) is 14.0 Å². The summed E-state index contributed by atoms with van der Waals surface area (Å²) in [5.41, 5.74) is 1.77. The smallest absolute Gasteiger partial charge is 0.306 e. The number of anilines is 1. The van der Waals surface area contributed by atoms with Crippen LogP contribution in [-0.2, 0) is 20.7 Å². The number of methoxy groups -OCH3 is 1. The molecule has 5 nitrogen and oxygen atoms in total. The molecule has 0 aliphatic heterocycles. The number of hydrogen-bond acceptors (Lipinski definition) is 4. The van der Waals surface area contributed by atoms with Crippen LogP contribution in [0.2, 0.25) is 0 Å². The molecule has 0 bridgehead atoms. The van der Waals surface area contributed by atoms with Gasteiger partial charge in [-0.05, 0) is 55.7 Å². The topological polar surface area (TPSA) is 64.6 Å². The van der Waals surface area contributed by atoms with Crippen LogP contribution in [0.4, 0.5) is 10.1 Å². The van der Waals surface area contributed by atoms with Gasteiger partial charge in [-0.2, -0.15) is 0 Å². The Bertz CT molecular complexity index is 774. The third-order valence-corrected chi connectivity index (χ3v) is 3.89. The van der Waals surface area contributed by atoms with Gasteiger partial charge in [0.05, 0.1) is 7.11 Å². The van der Waals surface area contributed by atoms with Gasteiger partial charge in [0.25, 0.3) is 5.91 Å². The Hall–Kier alpha value is -2.89. The second kappa shape index (κ2) is 8.99. The fourth-order valence-corrected chi connectivity index (χ4v) is 2.26. The van der Waals surface area contributed by atoms with Crippen LogP contribution in [-0.4, -0.2) is 25.1 Å². The summed E-state index contributed by atoms with van der Waals surface area (Å²) in [6, 6.07) is 11.8. The lowest BCUT2D eigenvalue weighted by molar-refractivity contribution is -0.153. The van der Waals surface area contributed by atoms with Crippen molar-refractivity contribution in [2.24, 2.45) is 0 Å². The molecule has 0 aliphatic carbocycles. The first-order valence-corrected chi connectivity index (χ1v) is 8.28. The van der Waals surface area contributed by atoms with E-state index in [-0.39, 0.29) is 6.42 Å². The van der Waals surface area contributed by atoms with Crippen molar-refractivity contribution in [1.82, 2.24) is 0 Å². The van der Waals surface area contributed by atoms with Crippen LogP contribution in [0, 0.1) is 12.7 Å². The standard InChI is InChI=1S/C20H22FNO4/c1-13-4-8-16(12-18(13)21)22-20(24)14(2)26-19(23)11-7-15-5-9-17(25-3)10-6-15/h4-6,8-10,12,14H,7,11H2,1-3H3,(H,22,24)/t14-/m1/s1. The number of benzene rings is 2. The second-order valence-electron chi connectivity index (χ2n) is 5.93. The number of rotatable bonds is 7. The van der Waals surface area contributed by atoms with Crippen LogP contribution in [0.3, 0.4) is 0 Å². The van der Waals surface area contributed by atoms with Gasteiger partial charge in [0.15, 0.2) is 6.10 Å². The van der Waals surface area contributed by atoms with Crippen LogP contribution in [0.1, 0.15) is 24.5 Å². The van der Waals surface area contributed by atoms with E-state index in [1.807, 2.05) is 24.3 Å². The molecule has 2 aromatic rings. The Morgan fingerprint density at radius 3 is 2.46 bits per heavy atom. The fourth-order valence-electron chi connectivity index (χ4n) is 2.26. The number of aryl methyl sites for hydroxylation is 2. The lowest BCUT2D eigenvalue weighted by atomic mass is 10.1. The van der Waals surface area contributed by atoms with Crippen molar-refractivity contribution in [2.45, 2.75) is 32.8 Å². The molecule has 0 saturated carbocycles. The van der Waals surface area contributed by atoms with Gasteiger partial charge in [0.2, 0.25) is 0 Å². The SMILES string of the molecule is COc1ccc(CCC(=O)O[C@H](C)C(=O)Nc2ccc(C)c(F)c2)cc1. The van der Waals surface area contributed by atoms with Gasteiger partial charge >= 0.3 is 5.97 Å². The fraction of sp³-hybridized carbons (Fsp3) is 0.300. The molecule has 2 rings (SSSR count). The Kier molecular flexibility index (Phi) is 6.72. The summed E-state index contributed by atoms with van der Waals surface area (Å²) in [6.07, 6.45) is -0.313. The number of carbonyl (C=O) groups excluding carboxylic acids is 2. The molecule has 1 amide bonds. The maximum atomic E-state index is 13.5. The first kappa shape index (κ1) is 19.4. The molecule has 0 fully saturated rings. The van der Waals surface area contributed by atoms with Crippen molar-refractivity contribution in [3.05, 3.63) is 59.4 Å². The van der Waals surface area contributed by atoms with Crippen LogP contribution in [0.25, 0.3) is 0 Å². The average Bonchev–Trinajstić information content (AvgIpc) is 2.63. The molecule has 0 saturated heterocycles. The average molecular weight is 359 g/mol. The molecule has 138 valence electrons. The van der Waals surface area contributed by atoms with Gasteiger partial charge < -0.3 is 14.8 Å². The zero-order valence-corrected chi connectivity index (χ0v) is 15.0. The highest BCUT2D eigenvalue weighted by molar-refractivity contribution is 5.95. The Labute approximate surface area is 152 Å². The van der Waals surface area contributed by atoms with Crippen molar-refractivity contribution in [3.8, 4) is 5.75 Å². The maximum absolute atomic E-state index is 13.5. The molecule has 0 heterocycles. The van der Waals surface area contributed by atoms with Crippen LogP contribution in [0.15, 0.2) is 42.5 Å². The molecule has 26 heavy (non-hydrogen) atoms. The first-order chi connectivity index (χ1) is 12.4. The van der Waals surface area contributed by atoms with E-state index in [1.54, 1.807) is 26.2 Å². The Balaban J connectivity index is 1.81. The van der Waals surface area contributed by atoms with Crippen molar-refractivity contribution < 1.29 is 23.5 Å². The molecule has 1 atom stereocenters. The zero-order valence-electron chi connectivity index (χ0n) is 15.0. The molecule has 1 N–H and O–H groups in total. The number of halogens is 1. The molecular weight excluding hydrogens is 337 g/mol. The highest BCUT2D eigenvalue weighted by Crippen LogP contribution is 2.15. The summed E-state index contributed by atoms with van der Waals surface area (Å²) in [5.74, 6) is -0.647. The minimum atomic E-state index is -0.970. The predicted molar refractivity (Wildman–Crippen MR) is 96.6 cm³/mol. The second-order valence-corrected chi connectivity index (χ2v) is 5.93. The number of esters is 1. The summed E-state index contributed by atoms with van der Waals surface area (Å²) in [4.78, 5) is 24.0. The summed E-state index contributed by atoms with van der Waals surface area (Å²) < 4.78 is 23.7. The molecule has 2 aromatic carbocycles. The first-order valence-electron chi connectivity index (χ1n) is 8.28. The number of hydrogen-bond donors (Lipinski definition) is 1. The lowest BCUT2D eigenvalue weighted by Crippen LogP contribution is -2.30. The van der Waals surface area contributed by atoms with Gasteiger partial charge in [0, 0.05) is 12.1 Å². The molecule has 0 aromatic heterocycles. The zero-order chi connectivity index (χ0) is 19.1. The summed E-state index contributed by atoms with van der Waals surface area (Å²) in [5, 5.41) is 2.53. The number of ether oxygens (including phenoxy) is 2. The van der Waals surface area contributed by atoms with E-state index < -0.39 is 23.8 Å². The normalized spacial score (nSPS) is 11.5. The quantitative estimate of drug-likeness (QED) is 0.767. The molecule has 0 unspecified atom stereocenters. The van der Waals surface area contributed by atoms with Gasteiger partial charge in [-0.25, -0.2) is 4.39 Å². The van der Waals surface area contributed by atoms with E-state index in [1.165, 1.54) is 13.0 Å². The van der Waals surface area contributed by atoms with Crippen molar-refractivity contribution >= 4 is 17.6 Å². The number of nitrogens with one attached hydrogen (secondary N) is 1. The predicted octanol–water partition coefficient (Wildman–Crippen LogP) is 3.65. The minimum absolute atomic E-state index is 0.156. The van der Waals surface area contributed by atoms with E-state index in [4.69, 9.17) is 9.47 Å². The van der Waals surface area contributed by atoms with Gasteiger partial charge in [-0.1, -0.05) is 18.2 Å².